The molecule has 0 saturated carbocycles. The van der Waals surface area contributed by atoms with Crippen LogP contribution in [0, 0.1) is 13.8 Å². The molecule has 3 aromatic heterocycles. The van der Waals surface area contributed by atoms with E-state index in [1.165, 1.54) is 16.3 Å². The van der Waals surface area contributed by atoms with Gasteiger partial charge in [0.05, 0.1) is 16.6 Å². The van der Waals surface area contributed by atoms with E-state index < -0.39 is 13.1 Å². The monoisotopic (exact) mass is 589 g/mol. The first-order chi connectivity index (χ1) is 20.8. The smallest absolute Gasteiger partial charge is 0.373 e. The molecule has 0 radical (unpaired) electrons. The van der Waals surface area contributed by atoms with Gasteiger partial charge in [0.1, 0.15) is 11.6 Å². The maximum atomic E-state index is 14.0. The van der Waals surface area contributed by atoms with Crippen LogP contribution in [0.3, 0.4) is 0 Å². The number of phenolic OH excluding ortho intramolecular Hbond substituents is 1. The van der Waals surface area contributed by atoms with E-state index >= 15 is 0 Å². The van der Waals surface area contributed by atoms with Crippen molar-refractivity contribution in [1.82, 2.24) is 19.8 Å². The van der Waals surface area contributed by atoms with Crippen LogP contribution >= 0.6 is 11.3 Å². The average molecular weight is 590 g/mol. The SMILES string of the molecule is CB(O)NCc1ccccc1-c1ccc(C(=O)N2N=C(c3ccc(-n4c(C)ccc4C)nc3)CC2c2ccccc2O)s1. The molecule has 3 N–H and O–H groups in total. The number of aromatic nitrogens is 2. The van der Waals surface area contributed by atoms with E-state index in [9.17, 15) is 14.9 Å². The van der Waals surface area contributed by atoms with Gasteiger partial charge in [0.25, 0.3) is 5.91 Å². The largest absolute Gasteiger partial charge is 0.508 e. The summed E-state index contributed by atoms with van der Waals surface area (Å²) >= 11 is 1.40. The van der Waals surface area contributed by atoms with Crippen molar-refractivity contribution in [2.75, 3.05) is 0 Å². The third kappa shape index (κ3) is 5.77. The number of nitrogens with zero attached hydrogens (tertiary/aromatic N) is 4. The Morgan fingerprint density at radius 1 is 1.00 bits per heavy atom. The van der Waals surface area contributed by atoms with Gasteiger partial charge in [-0.2, -0.15) is 5.10 Å². The number of rotatable bonds is 8. The Balaban J connectivity index is 1.32. The molecule has 1 aliphatic heterocycles. The van der Waals surface area contributed by atoms with Crippen LogP contribution in [0.5, 0.6) is 5.75 Å². The molecule has 1 unspecified atom stereocenters. The molecule has 1 atom stereocenters. The van der Waals surface area contributed by atoms with Gasteiger partial charge in [0, 0.05) is 46.6 Å². The summed E-state index contributed by atoms with van der Waals surface area (Å²) in [6.45, 7) is 6.28. The quantitative estimate of drug-likeness (QED) is 0.190. The van der Waals surface area contributed by atoms with Crippen LogP contribution in [-0.4, -0.2) is 43.4 Å². The van der Waals surface area contributed by atoms with Crippen molar-refractivity contribution in [2.45, 2.75) is 39.7 Å². The van der Waals surface area contributed by atoms with Crippen LogP contribution in [0.4, 0.5) is 0 Å². The van der Waals surface area contributed by atoms with E-state index in [-0.39, 0.29) is 11.7 Å². The first-order valence-electron chi connectivity index (χ1n) is 14.2. The average Bonchev–Trinajstić information content (AvgIpc) is 3.75. The zero-order chi connectivity index (χ0) is 30.1. The number of hydrazone groups is 1. The molecule has 5 aromatic rings. The summed E-state index contributed by atoms with van der Waals surface area (Å²) in [5, 5.41) is 29.8. The van der Waals surface area contributed by atoms with Gasteiger partial charge < -0.3 is 19.9 Å². The molecule has 216 valence electrons. The summed E-state index contributed by atoms with van der Waals surface area (Å²) < 4.78 is 2.09. The number of benzene rings is 2. The number of phenols is 1. The molecule has 6 rings (SSSR count). The number of carbonyl (C=O) groups excluding carboxylic acids is 1. The number of aryl methyl sites for hydroxylation is 2. The summed E-state index contributed by atoms with van der Waals surface area (Å²) in [4.78, 5) is 20.2. The molecular formula is C33H32BN5O3S. The number of hydrogen-bond donors (Lipinski definition) is 3. The third-order valence-electron chi connectivity index (χ3n) is 7.68. The van der Waals surface area contributed by atoms with Gasteiger partial charge >= 0.3 is 7.05 Å². The molecule has 0 spiro atoms. The van der Waals surface area contributed by atoms with Crippen molar-refractivity contribution in [2.24, 2.45) is 5.10 Å². The maximum Gasteiger partial charge on any atom is 0.373 e. The minimum absolute atomic E-state index is 0.125. The number of para-hydroxylation sites is 1. The highest BCUT2D eigenvalue weighted by atomic mass is 32.1. The number of amides is 1. The molecular weight excluding hydrogens is 557 g/mol. The van der Waals surface area contributed by atoms with Crippen molar-refractivity contribution in [3.63, 3.8) is 0 Å². The minimum atomic E-state index is -0.629. The number of pyridine rings is 1. The molecule has 10 heteroatoms. The van der Waals surface area contributed by atoms with Gasteiger partial charge in [0.15, 0.2) is 0 Å². The van der Waals surface area contributed by atoms with Crippen LogP contribution in [0.1, 0.15) is 50.2 Å². The second-order valence-electron chi connectivity index (χ2n) is 10.7. The lowest BCUT2D eigenvalue weighted by molar-refractivity contribution is 0.0714. The Kier molecular flexibility index (Phi) is 7.99. The fourth-order valence-electron chi connectivity index (χ4n) is 5.49. The van der Waals surface area contributed by atoms with E-state index in [4.69, 9.17) is 10.1 Å². The molecule has 8 nitrogen and oxygen atoms in total. The molecule has 1 amide bonds. The Labute approximate surface area is 255 Å². The summed E-state index contributed by atoms with van der Waals surface area (Å²) in [7, 11) is -0.629. The zero-order valence-electron chi connectivity index (χ0n) is 24.2. The van der Waals surface area contributed by atoms with Gasteiger partial charge in [-0.15, -0.1) is 11.3 Å². The van der Waals surface area contributed by atoms with Gasteiger partial charge in [-0.25, -0.2) is 9.99 Å². The van der Waals surface area contributed by atoms with Crippen LogP contribution in [-0.2, 0) is 6.54 Å². The fraction of sp³-hybridized carbons (Fsp3) is 0.182. The van der Waals surface area contributed by atoms with E-state index in [2.05, 4.69) is 21.9 Å². The number of hydrogen-bond acceptors (Lipinski definition) is 7. The fourth-order valence-corrected chi connectivity index (χ4v) is 6.48. The molecule has 43 heavy (non-hydrogen) atoms. The molecule has 0 fully saturated rings. The maximum absolute atomic E-state index is 14.0. The minimum Gasteiger partial charge on any atom is -0.508 e. The van der Waals surface area contributed by atoms with Crippen molar-refractivity contribution >= 4 is 30.0 Å². The normalized spacial score (nSPS) is 14.7. The molecule has 0 saturated heterocycles. The van der Waals surface area contributed by atoms with Crippen molar-refractivity contribution in [1.29, 1.82) is 0 Å². The molecule has 0 bridgehead atoms. The summed E-state index contributed by atoms with van der Waals surface area (Å²) in [6, 6.07) is 26.4. The lowest BCUT2D eigenvalue weighted by Gasteiger charge is -2.22. The standard InChI is InChI=1S/C33H32BN5O3S/c1-21-12-13-22(2)38(21)32-17-14-24(19-35-32)27-18-28(26-10-6-7-11-29(26)40)39(37-27)33(41)31-16-15-30(43-31)25-9-5-4-8-23(25)20-36-34(3)42/h4-17,19,28,36,40,42H,18,20H2,1-3H3. The van der Waals surface area contributed by atoms with Crippen molar-refractivity contribution < 1.29 is 14.9 Å². The van der Waals surface area contributed by atoms with Crippen LogP contribution in [0.15, 0.2) is 96.2 Å². The number of aromatic hydroxyl groups is 1. The highest BCUT2D eigenvalue weighted by molar-refractivity contribution is 7.17. The van der Waals surface area contributed by atoms with E-state index in [0.29, 0.717) is 23.4 Å². The summed E-state index contributed by atoms with van der Waals surface area (Å²) in [6.07, 6.45) is 2.24. The summed E-state index contributed by atoms with van der Waals surface area (Å²) in [5.74, 6) is 0.713. The predicted molar refractivity (Wildman–Crippen MR) is 172 cm³/mol. The van der Waals surface area contributed by atoms with Gasteiger partial charge in [-0.05, 0) is 74.3 Å². The van der Waals surface area contributed by atoms with Gasteiger partial charge in [-0.1, -0.05) is 42.5 Å². The zero-order valence-corrected chi connectivity index (χ0v) is 25.0. The van der Waals surface area contributed by atoms with E-state index in [0.717, 1.165) is 44.5 Å². The van der Waals surface area contributed by atoms with E-state index in [1.807, 2.05) is 74.5 Å². The third-order valence-corrected chi connectivity index (χ3v) is 8.79. The van der Waals surface area contributed by atoms with Gasteiger partial charge in [-0.3, -0.25) is 4.79 Å². The number of nitrogens with one attached hydrogen (secondary N) is 1. The highest BCUT2D eigenvalue weighted by Crippen LogP contribution is 2.39. The van der Waals surface area contributed by atoms with Crippen molar-refractivity contribution in [3.8, 4) is 22.0 Å². The molecule has 0 aliphatic carbocycles. The predicted octanol–water partition coefficient (Wildman–Crippen LogP) is 6.11. The lowest BCUT2D eigenvalue weighted by atomic mass is 9.88. The Hall–Kier alpha value is -4.51. The highest BCUT2D eigenvalue weighted by Gasteiger charge is 2.36. The lowest BCUT2D eigenvalue weighted by Crippen LogP contribution is -2.29. The van der Waals surface area contributed by atoms with Crippen LogP contribution < -0.4 is 5.23 Å². The molecule has 2 aromatic carbocycles. The molecule has 1 aliphatic rings. The Morgan fingerprint density at radius 2 is 1.74 bits per heavy atom. The van der Waals surface area contributed by atoms with Gasteiger partial charge in [0.2, 0.25) is 0 Å². The number of thiophene rings is 1. The van der Waals surface area contributed by atoms with E-state index in [1.54, 1.807) is 25.2 Å². The Bertz CT molecular complexity index is 1790. The van der Waals surface area contributed by atoms with Crippen molar-refractivity contribution in [3.05, 3.63) is 124 Å². The van der Waals surface area contributed by atoms with Crippen LogP contribution in [0.2, 0.25) is 6.82 Å². The summed E-state index contributed by atoms with van der Waals surface area (Å²) in [5.41, 5.74) is 6.43. The second kappa shape index (κ2) is 12.0. The second-order valence-corrected chi connectivity index (χ2v) is 11.8. The first-order valence-corrected chi connectivity index (χ1v) is 15.0. The van der Waals surface area contributed by atoms with Crippen LogP contribution in [0.25, 0.3) is 16.3 Å². The molecule has 4 heterocycles. The Morgan fingerprint density at radius 3 is 2.47 bits per heavy atom. The topological polar surface area (TPSA) is 103 Å². The number of carbonyl (C=O) groups is 1. The first kappa shape index (κ1) is 28.6.